The number of likely N-dealkylation sites (tertiary alicyclic amines) is 1. The summed E-state index contributed by atoms with van der Waals surface area (Å²) in [6.45, 7) is 1.14. The number of anilines is 1. The topological polar surface area (TPSA) is 102 Å². The Morgan fingerprint density at radius 1 is 1.57 bits per heavy atom. The molecule has 1 saturated heterocycles. The Kier molecular flexibility index (Phi) is 5.38. The van der Waals surface area contributed by atoms with Gasteiger partial charge in [0, 0.05) is 32.1 Å². The van der Waals surface area contributed by atoms with Crippen molar-refractivity contribution < 1.29 is 19.2 Å². The van der Waals surface area contributed by atoms with E-state index in [1.807, 2.05) is 0 Å². The first-order valence-corrected chi connectivity index (χ1v) is 7.33. The average molecular weight is 342 g/mol. The summed E-state index contributed by atoms with van der Waals surface area (Å²) >= 11 is 5.42. The van der Waals surface area contributed by atoms with Gasteiger partial charge in [-0.05, 0) is 17.7 Å². The van der Waals surface area contributed by atoms with Crippen LogP contribution in [0.5, 0.6) is 5.75 Å². The molecule has 0 aliphatic carbocycles. The molecule has 1 aromatic rings. The molecule has 124 valence electrons. The number of rotatable bonds is 7. The molecule has 1 aliphatic heterocycles. The van der Waals surface area contributed by atoms with Crippen molar-refractivity contribution in [1.29, 1.82) is 0 Å². The molecule has 2 rings (SSSR count). The summed E-state index contributed by atoms with van der Waals surface area (Å²) in [6, 6.07) is 4.24. The minimum atomic E-state index is -0.501. The van der Waals surface area contributed by atoms with E-state index in [-0.39, 0.29) is 18.0 Å². The molecule has 1 N–H and O–H groups in total. The molecule has 0 saturated carbocycles. The number of nitro groups is 1. The number of carbonyl (C=O) groups excluding carboxylic acids is 2. The summed E-state index contributed by atoms with van der Waals surface area (Å²) in [6.07, 6.45) is 0.142. The molecular formula is C14H16ClN3O5. The summed E-state index contributed by atoms with van der Waals surface area (Å²) in [5.41, 5.74) is 0.528. The van der Waals surface area contributed by atoms with E-state index in [0.717, 1.165) is 0 Å². The van der Waals surface area contributed by atoms with E-state index in [2.05, 4.69) is 5.32 Å². The molecular weight excluding hydrogens is 326 g/mol. The Morgan fingerprint density at radius 3 is 2.87 bits per heavy atom. The third kappa shape index (κ3) is 4.10. The van der Waals surface area contributed by atoms with Crippen molar-refractivity contribution in [3.8, 4) is 5.75 Å². The second-order valence-corrected chi connectivity index (χ2v) is 5.49. The third-order valence-corrected chi connectivity index (χ3v) is 3.94. The van der Waals surface area contributed by atoms with Crippen LogP contribution in [0.25, 0.3) is 0 Å². The maximum absolute atomic E-state index is 11.8. The molecule has 1 amide bonds. The van der Waals surface area contributed by atoms with Crippen LogP contribution in [0.1, 0.15) is 6.42 Å². The molecule has 0 radical (unpaired) electrons. The molecule has 1 atom stereocenters. The Morgan fingerprint density at radius 2 is 2.30 bits per heavy atom. The smallest absolute Gasteiger partial charge is 0.273 e. The molecule has 0 unspecified atom stereocenters. The van der Waals surface area contributed by atoms with Gasteiger partial charge in [0.15, 0.2) is 0 Å². The van der Waals surface area contributed by atoms with Crippen molar-refractivity contribution in [3.63, 3.8) is 0 Å². The zero-order valence-corrected chi connectivity index (χ0v) is 13.2. The number of non-ortho nitro benzene ring substituents is 1. The fourth-order valence-electron chi connectivity index (χ4n) is 2.41. The molecule has 1 aliphatic rings. The van der Waals surface area contributed by atoms with Crippen LogP contribution in [0.15, 0.2) is 18.2 Å². The van der Waals surface area contributed by atoms with Crippen LogP contribution in [0.3, 0.4) is 0 Å². The van der Waals surface area contributed by atoms with Crippen molar-refractivity contribution in [2.75, 3.05) is 32.1 Å². The normalized spacial score (nSPS) is 17.2. The van der Waals surface area contributed by atoms with E-state index in [0.29, 0.717) is 31.1 Å². The van der Waals surface area contributed by atoms with Crippen LogP contribution in [0.2, 0.25) is 0 Å². The van der Waals surface area contributed by atoms with E-state index < -0.39 is 16.1 Å². The van der Waals surface area contributed by atoms with Gasteiger partial charge in [-0.3, -0.25) is 19.7 Å². The molecule has 1 fully saturated rings. The van der Waals surface area contributed by atoms with Gasteiger partial charge >= 0.3 is 0 Å². The van der Waals surface area contributed by atoms with E-state index in [1.54, 1.807) is 11.0 Å². The van der Waals surface area contributed by atoms with E-state index in [1.165, 1.54) is 19.2 Å². The van der Waals surface area contributed by atoms with Crippen molar-refractivity contribution >= 4 is 34.1 Å². The number of amides is 1. The molecule has 9 heteroatoms. The SMILES string of the molecule is COc1cc([N+](=O)[O-])ccc1NCCN1C[C@@H](C(=O)Cl)CC1=O. The molecule has 0 bridgehead atoms. The summed E-state index contributed by atoms with van der Waals surface area (Å²) in [5.74, 6) is -0.208. The number of hydrogen-bond acceptors (Lipinski definition) is 6. The molecule has 1 heterocycles. The van der Waals surface area contributed by atoms with E-state index in [9.17, 15) is 19.7 Å². The van der Waals surface area contributed by atoms with E-state index >= 15 is 0 Å². The predicted octanol–water partition coefficient (Wildman–Crippen LogP) is 1.63. The number of benzene rings is 1. The molecule has 8 nitrogen and oxygen atoms in total. The average Bonchev–Trinajstić information content (AvgIpc) is 2.89. The number of ether oxygens (including phenoxy) is 1. The van der Waals surface area contributed by atoms with Crippen LogP contribution in [0.4, 0.5) is 11.4 Å². The first-order chi connectivity index (χ1) is 10.9. The zero-order valence-electron chi connectivity index (χ0n) is 12.5. The third-order valence-electron chi connectivity index (χ3n) is 3.63. The highest BCUT2D eigenvalue weighted by Gasteiger charge is 2.32. The highest BCUT2D eigenvalue weighted by atomic mass is 35.5. The highest BCUT2D eigenvalue weighted by molar-refractivity contribution is 6.64. The fourth-order valence-corrected chi connectivity index (χ4v) is 2.55. The Balaban J connectivity index is 1.93. The monoisotopic (exact) mass is 341 g/mol. The van der Waals surface area contributed by atoms with Crippen LogP contribution in [-0.4, -0.2) is 47.7 Å². The van der Waals surface area contributed by atoms with Gasteiger partial charge in [0.05, 0.1) is 29.7 Å². The lowest BCUT2D eigenvalue weighted by Crippen LogP contribution is -2.31. The summed E-state index contributed by atoms with van der Waals surface area (Å²) in [7, 11) is 1.42. The Hall–Kier alpha value is -2.35. The van der Waals surface area contributed by atoms with Crippen LogP contribution in [-0.2, 0) is 9.59 Å². The number of halogens is 1. The summed E-state index contributed by atoms with van der Waals surface area (Å²) in [5, 5.41) is 13.3. The largest absolute Gasteiger partial charge is 0.494 e. The molecule has 23 heavy (non-hydrogen) atoms. The Bertz CT molecular complexity index is 637. The van der Waals surface area contributed by atoms with Crippen molar-refractivity contribution in [2.24, 2.45) is 5.92 Å². The van der Waals surface area contributed by atoms with Crippen molar-refractivity contribution in [1.82, 2.24) is 4.90 Å². The second kappa shape index (κ2) is 7.28. The number of methoxy groups -OCH3 is 1. The van der Waals surface area contributed by atoms with Crippen molar-refractivity contribution in [3.05, 3.63) is 28.3 Å². The zero-order chi connectivity index (χ0) is 17.0. The standard InChI is InChI=1S/C14H16ClN3O5/c1-23-12-7-10(18(21)22)2-3-11(12)16-4-5-17-8-9(14(15)20)6-13(17)19/h2-3,7,9,16H,4-6,8H2,1H3/t9-/m0/s1. The first-order valence-electron chi connectivity index (χ1n) is 6.95. The van der Waals surface area contributed by atoms with Crippen LogP contribution < -0.4 is 10.1 Å². The molecule has 0 spiro atoms. The molecule has 1 aromatic carbocycles. The lowest BCUT2D eigenvalue weighted by atomic mass is 10.1. The van der Waals surface area contributed by atoms with Crippen LogP contribution in [0, 0.1) is 16.0 Å². The lowest BCUT2D eigenvalue weighted by Gasteiger charge is -2.17. The second-order valence-electron chi connectivity index (χ2n) is 5.11. The number of nitro benzene ring substituents is 1. The predicted molar refractivity (Wildman–Crippen MR) is 83.7 cm³/mol. The van der Waals surface area contributed by atoms with E-state index in [4.69, 9.17) is 16.3 Å². The molecule has 0 aromatic heterocycles. The van der Waals surface area contributed by atoms with Gasteiger partial charge in [-0.25, -0.2) is 0 Å². The minimum absolute atomic E-state index is 0.0643. The summed E-state index contributed by atoms with van der Waals surface area (Å²) in [4.78, 5) is 34.7. The van der Waals surface area contributed by atoms with Crippen LogP contribution >= 0.6 is 11.6 Å². The summed E-state index contributed by atoms with van der Waals surface area (Å²) < 4.78 is 5.12. The van der Waals surface area contributed by atoms with Gasteiger partial charge in [-0.15, -0.1) is 0 Å². The Labute approximate surface area is 137 Å². The maximum Gasteiger partial charge on any atom is 0.273 e. The number of nitrogens with zero attached hydrogens (tertiary/aromatic N) is 2. The van der Waals surface area contributed by atoms with Gasteiger partial charge < -0.3 is 15.0 Å². The van der Waals surface area contributed by atoms with Gasteiger partial charge in [0.2, 0.25) is 11.1 Å². The minimum Gasteiger partial charge on any atom is -0.494 e. The number of carbonyl (C=O) groups is 2. The number of hydrogen-bond donors (Lipinski definition) is 1. The van der Waals surface area contributed by atoms with Gasteiger partial charge in [-0.2, -0.15) is 0 Å². The van der Waals surface area contributed by atoms with Gasteiger partial charge in [0.1, 0.15) is 5.75 Å². The fraction of sp³-hybridized carbons (Fsp3) is 0.429. The lowest BCUT2D eigenvalue weighted by molar-refractivity contribution is -0.384. The highest BCUT2D eigenvalue weighted by Crippen LogP contribution is 2.29. The quantitative estimate of drug-likeness (QED) is 0.459. The van der Waals surface area contributed by atoms with Gasteiger partial charge in [0.25, 0.3) is 5.69 Å². The maximum atomic E-state index is 11.8. The first kappa shape index (κ1) is 17.0. The van der Waals surface area contributed by atoms with Crippen molar-refractivity contribution in [2.45, 2.75) is 6.42 Å². The number of nitrogens with one attached hydrogen (secondary N) is 1. The van der Waals surface area contributed by atoms with Gasteiger partial charge in [-0.1, -0.05) is 0 Å².